The Morgan fingerprint density at radius 3 is 2.30 bits per heavy atom. The molecule has 0 unspecified atom stereocenters. The van der Waals surface area contributed by atoms with E-state index in [2.05, 4.69) is 26.1 Å². The molecular formula is C22H28N2O3. The smallest absolute Gasteiger partial charge is 0.244 e. The van der Waals surface area contributed by atoms with E-state index in [1.807, 2.05) is 43.3 Å². The first-order valence-corrected chi connectivity index (χ1v) is 9.13. The first kappa shape index (κ1) is 20.5. The third kappa shape index (κ3) is 5.33. The number of carbonyl (C=O) groups is 2. The molecule has 5 nitrogen and oxygen atoms in total. The van der Waals surface area contributed by atoms with Crippen molar-refractivity contribution in [3.8, 4) is 5.75 Å². The second-order valence-corrected chi connectivity index (χ2v) is 7.35. The molecule has 0 saturated heterocycles. The van der Waals surface area contributed by atoms with Gasteiger partial charge in [0.1, 0.15) is 12.3 Å². The van der Waals surface area contributed by atoms with Gasteiger partial charge in [-0.25, -0.2) is 0 Å². The van der Waals surface area contributed by atoms with Gasteiger partial charge in [0.2, 0.25) is 11.8 Å². The molecule has 2 amide bonds. The van der Waals surface area contributed by atoms with Gasteiger partial charge < -0.3 is 15.0 Å². The van der Waals surface area contributed by atoms with E-state index in [4.69, 9.17) is 4.74 Å². The predicted octanol–water partition coefficient (Wildman–Crippen LogP) is 4.37. The summed E-state index contributed by atoms with van der Waals surface area (Å²) < 4.78 is 5.54. The van der Waals surface area contributed by atoms with Crippen LogP contribution >= 0.6 is 0 Å². The number of benzene rings is 2. The minimum absolute atomic E-state index is 0.0666. The van der Waals surface area contributed by atoms with E-state index < -0.39 is 0 Å². The molecular weight excluding hydrogens is 340 g/mol. The Balaban J connectivity index is 2.26. The Morgan fingerprint density at radius 2 is 1.67 bits per heavy atom. The second-order valence-electron chi connectivity index (χ2n) is 7.35. The average molecular weight is 368 g/mol. The van der Waals surface area contributed by atoms with Gasteiger partial charge in [0.05, 0.1) is 12.3 Å². The number of hydrogen-bond donors (Lipinski definition) is 1. The Morgan fingerprint density at radius 1 is 1.04 bits per heavy atom. The molecule has 0 saturated carbocycles. The minimum Gasteiger partial charge on any atom is -0.492 e. The van der Waals surface area contributed by atoms with E-state index in [1.165, 1.54) is 11.8 Å². The summed E-state index contributed by atoms with van der Waals surface area (Å²) in [5.41, 5.74) is 2.22. The highest BCUT2D eigenvalue weighted by molar-refractivity contribution is 6.02. The molecule has 0 bridgehead atoms. The Labute approximate surface area is 161 Å². The molecule has 0 radical (unpaired) electrons. The van der Waals surface area contributed by atoms with E-state index >= 15 is 0 Å². The lowest BCUT2D eigenvalue weighted by Gasteiger charge is -2.29. The Kier molecular flexibility index (Phi) is 6.61. The van der Waals surface area contributed by atoms with Gasteiger partial charge in [-0.3, -0.25) is 9.59 Å². The van der Waals surface area contributed by atoms with Crippen LogP contribution in [0.15, 0.2) is 48.5 Å². The fourth-order valence-electron chi connectivity index (χ4n) is 2.89. The number of ether oxygens (including phenoxy) is 1. The molecule has 2 rings (SSSR count). The molecule has 0 fully saturated rings. The first-order valence-electron chi connectivity index (χ1n) is 9.13. The Bertz CT molecular complexity index is 809. The van der Waals surface area contributed by atoms with Gasteiger partial charge in [-0.1, -0.05) is 51.1 Å². The summed E-state index contributed by atoms with van der Waals surface area (Å²) >= 11 is 0. The van der Waals surface area contributed by atoms with Gasteiger partial charge in [0, 0.05) is 12.6 Å². The van der Waals surface area contributed by atoms with Gasteiger partial charge in [-0.05, 0) is 36.1 Å². The topological polar surface area (TPSA) is 58.6 Å². The molecule has 0 atom stereocenters. The molecule has 144 valence electrons. The number of rotatable bonds is 6. The van der Waals surface area contributed by atoms with Crippen molar-refractivity contribution in [3.05, 3.63) is 54.1 Å². The molecule has 0 heterocycles. The van der Waals surface area contributed by atoms with Crippen LogP contribution in [0.4, 0.5) is 11.4 Å². The molecule has 5 heteroatoms. The number of hydrogen-bond acceptors (Lipinski definition) is 3. The zero-order valence-corrected chi connectivity index (χ0v) is 16.7. The van der Waals surface area contributed by atoms with Crippen LogP contribution < -0.4 is 15.0 Å². The van der Waals surface area contributed by atoms with E-state index in [-0.39, 0.29) is 23.8 Å². The first-order chi connectivity index (χ1) is 12.7. The second kappa shape index (κ2) is 8.71. The normalized spacial score (nSPS) is 11.0. The van der Waals surface area contributed by atoms with Crippen molar-refractivity contribution < 1.29 is 14.3 Å². The lowest BCUT2D eigenvalue weighted by atomic mass is 9.85. The van der Waals surface area contributed by atoms with Crippen molar-refractivity contribution in [1.29, 1.82) is 0 Å². The zero-order chi connectivity index (χ0) is 20.0. The molecule has 0 aliphatic carbocycles. The molecule has 27 heavy (non-hydrogen) atoms. The number of anilines is 2. The van der Waals surface area contributed by atoms with Gasteiger partial charge >= 0.3 is 0 Å². The summed E-state index contributed by atoms with van der Waals surface area (Å²) in [7, 11) is 0. The highest BCUT2D eigenvalue weighted by Crippen LogP contribution is 2.32. The number of amides is 2. The molecule has 0 spiro atoms. The minimum atomic E-state index is -0.277. The molecule has 0 aromatic heterocycles. The van der Waals surface area contributed by atoms with Gasteiger partial charge in [0.25, 0.3) is 0 Å². The van der Waals surface area contributed by atoms with Crippen LogP contribution in [0.1, 0.15) is 40.2 Å². The van der Waals surface area contributed by atoms with Crippen molar-refractivity contribution in [2.24, 2.45) is 0 Å². The zero-order valence-electron chi connectivity index (χ0n) is 16.7. The summed E-state index contributed by atoms with van der Waals surface area (Å²) in [6, 6.07) is 15.0. The van der Waals surface area contributed by atoms with Crippen molar-refractivity contribution in [1.82, 2.24) is 0 Å². The van der Waals surface area contributed by atoms with Crippen molar-refractivity contribution in [2.75, 3.05) is 23.4 Å². The summed E-state index contributed by atoms with van der Waals surface area (Å²) in [6.45, 7) is 10.1. The standard InChI is InChI=1S/C22H28N2O3/c1-6-27-20-14-10-8-12-18(20)23-21(26)15-24(16(2)25)19-13-9-7-11-17(19)22(3,4)5/h7-14H,6,15H2,1-5H3,(H,23,26). The van der Waals surface area contributed by atoms with Crippen molar-refractivity contribution in [3.63, 3.8) is 0 Å². The maximum Gasteiger partial charge on any atom is 0.244 e. The lowest BCUT2D eigenvalue weighted by molar-refractivity contribution is -0.120. The van der Waals surface area contributed by atoms with E-state index in [0.29, 0.717) is 18.0 Å². The van der Waals surface area contributed by atoms with E-state index in [9.17, 15) is 9.59 Å². The van der Waals surface area contributed by atoms with Crippen LogP contribution in [0.5, 0.6) is 5.75 Å². The monoisotopic (exact) mass is 368 g/mol. The quantitative estimate of drug-likeness (QED) is 0.823. The summed E-state index contributed by atoms with van der Waals surface area (Å²) in [4.78, 5) is 26.5. The predicted molar refractivity (Wildman–Crippen MR) is 109 cm³/mol. The molecule has 0 aliphatic heterocycles. The van der Waals surface area contributed by atoms with Crippen LogP contribution in [-0.4, -0.2) is 25.0 Å². The summed E-state index contributed by atoms with van der Waals surface area (Å²) in [6.07, 6.45) is 0. The highest BCUT2D eigenvalue weighted by atomic mass is 16.5. The summed E-state index contributed by atoms with van der Waals surface area (Å²) in [5, 5.41) is 2.85. The fourth-order valence-corrected chi connectivity index (χ4v) is 2.89. The van der Waals surface area contributed by atoms with Crippen LogP contribution in [0.25, 0.3) is 0 Å². The third-order valence-corrected chi connectivity index (χ3v) is 4.15. The van der Waals surface area contributed by atoms with Crippen molar-refractivity contribution in [2.45, 2.75) is 40.0 Å². The highest BCUT2D eigenvalue weighted by Gasteiger charge is 2.24. The Hall–Kier alpha value is -2.82. The number of nitrogens with zero attached hydrogens (tertiary/aromatic N) is 1. The number of para-hydroxylation sites is 3. The maximum absolute atomic E-state index is 12.7. The van der Waals surface area contributed by atoms with Gasteiger partial charge in [0.15, 0.2) is 0 Å². The third-order valence-electron chi connectivity index (χ3n) is 4.15. The molecule has 2 aromatic rings. The van der Waals surface area contributed by atoms with Gasteiger partial charge in [-0.15, -0.1) is 0 Å². The van der Waals surface area contributed by atoms with E-state index in [0.717, 1.165) is 11.3 Å². The van der Waals surface area contributed by atoms with Gasteiger partial charge in [-0.2, -0.15) is 0 Å². The maximum atomic E-state index is 12.7. The molecule has 1 N–H and O–H groups in total. The lowest BCUT2D eigenvalue weighted by Crippen LogP contribution is -2.38. The average Bonchev–Trinajstić information content (AvgIpc) is 2.60. The number of carbonyl (C=O) groups excluding carboxylic acids is 2. The van der Waals surface area contributed by atoms with Crippen LogP contribution in [0.2, 0.25) is 0 Å². The summed E-state index contributed by atoms with van der Waals surface area (Å²) in [5.74, 6) is 0.152. The SMILES string of the molecule is CCOc1ccccc1NC(=O)CN(C(C)=O)c1ccccc1C(C)(C)C. The molecule has 0 aliphatic rings. The number of nitrogens with one attached hydrogen (secondary N) is 1. The van der Waals surface area contributed by atoms with E-state index in [1.54, 1.807) is 12.1 Å². The van der Waals surface area contributed by atoms with Crippen molar-refractivity contribution >= 4 is 23.2 Å². The molecule has 2 aromatic carbocycles. The fraction of sp³-hybridized carbons (Fsp3) is 0.364. The van der Waals surface area contributed by atoms with Crippen LogP contribution in [0, 0.1) is 0 Å². The largest absolute Gasteiger partial charge is 0.492 e. The van der Waals surface area contributed by atoms with Crippen LogP contribution in [-0.2, 0) is 15.0 Å². The van der Waals surface area contributed by atoms with Crippen LogP contribution in [0.3, 0.4) is 0 Å².